The fourth-order valence-corrected chi connectivity index (χ4v) is 1.60. The second kappa shape index (κ2) is 4.77. The summed E-state index contributed by atoms with van der Waals surface area (Å²) in [5.41, 5.74) is 1.85. The molecule has 0 N–H and O–H groups in total. The van der Waals surface area contributed by atoms with Crippen molar-refractivity contribution in [2.24, 2.45) is 0 Å². The van der Waals surface area contributed by atoms with Crippen LogP contribution in [0.1, 0.15) is 17.2 Å². The molecule has 0 aliphatic carbocycles. The van der Waals surface area contributed by atoms with E-state index in [4.69, 9.17) is 0 Å². The Hall–Kier alpha value is -1.87. The van der Waals surface area contributed by atoms with Crippen molar-refractivity contribution in [1.82, 2.24) is 9.55 Å². The lowest BCUT2D eigenvalue weighted by molar-refractivity contribution is 0.131. The van der Waals surface area contributed by atoms with Crippen LogP contribution in [0.2, 0.25) is 0 Å². The van der Waals surface area contributed by atoms with Crippen LogP contribution in [0.25, 0.3) is 0 Å². The number of imidazole rings is 1. The molecule has 3 nitrogen and oxygen atoms in total. The molecule has 0 aliphatic rings. The molecule has 0 spiro atoms. The molecule has 0 bridgehead atoms. The molecule has 2 aromatic rings. The minimum Gasteiger partial charge on any atom is -0.333 e. The highest BCUT2D eigenvalue weighted by atomic mass is 16.3. The minimum atomic E-state index is -0.845. The summed E-state index contributed by atoms with van der Waals surface area (Å²) in [6.45, 7) is 4.25. The SMILES string of the molecule is C=CC([O])c1cccc(Cn2ccnc2)c1. The van der Waals surface area contributed by atoms with Crippen molar-refractivity contribution >= 4 is 0 Å². The van der Waals surface area contributed by atoms with Crippen LogP contribution in [0.3, 0.4) is 0 Å². The zero-order valence-corrected chi connectivity index (χ0v) is 8.91. The van der Waals surface area contributed by atoms with E-state index in [-0.39, 0.29) is 0 Å². The third kappa shape index (κ3) is 2.38. The van der Waals surface area contributed by atoms with E-state index < -0.39 is 6.10 Å². The van der Waals surface area contributed by atoms with E-state index in [1.54, 1.807) is 12.5 Å². The zero-order chi connectivity index (χ0) is 11.4. The highest BCUT2D eigenvalue weighted by Crippen LogP contribution is 2.16. The van der Waals surface area contributed by atoms with Crippen LogP contribution in [-0.4, -0.2) is 9.55 Å². The number of rotatable bonds is 4. The van der Waals surface area contributed by atoms with Crippen molar-refractivity contribution in [3.8, 4) is 0 Å². The predicted octanol–water partition coefficient (Wildman–Crippen LogP) is 2.59. The standard InChI is InChI=1S/C13H13N2O/c1-2-13(16)12-5-3-4-11(8-12)9-15-7-6-14-10-15/h2-8,10,13H,1,9H2. The van der Waals surface area contributed by atoms with Gasteiger partial charge in [-0.2, -0.15) is 0 Å². The van der Waals surface area contributed by atoms with E-state index in [0.717, 1.165) is 17.7 Å². The maximum absolute atomic E-state index is 11.5. The van der Waals surface area contributed by atoms with Crippen molar-refractivity contribution in [1.29, 1.82) is 0 Å². The van der Waals surface area contributed by atoms with Gasteiger partial charge < -0.3 is 4.57 Å². The molecule has 0 aliphatic heterocycles. The number of hydrogen-bond acceptors (Lipinski definition) is 1. The van der Waals surface area contributed by atoms with Crippen LogP contribution < -0.4 is 0 Å². The van der Waals surface area contributed by atoms with Gasteiger partial charge in [0.1, 0.15) is 6.10 Å². The van der Waals surface area contributed by atoms with Gasteiger partial charge >= 0.3 is 0 Å². The maximum Gasteiger partial charge on any atom is 0.136 e. The van der Waals surface area contributed by atoms with Crippen LogP contribution in [0.5, 0.6) is 0 Å². The smallest absolute Gasteiger partial charge is 0.136 e. The van der Waals surface area contributed by atoms with E-state index >= 15 is 0 Å². The highest BCUT2D eigenvalue weighted by molar-refractivity contribution is 5.27. The number of aromatic nitrogens is 2. The molecule has 0 fully saturated rings. The van der Waals surface area contributed by atoms with Gasteiger partial charge in [-0.05, 0) is 11.1 Å². The normalized spacial score (nSPS) is 12.3. The summed E-state index contributed by atoms with van der Waals surface area (Å²) < 4.78 is 1.97. The molecule has 81 valence electrons. The molecule has 1 aromatic carbocycles. The summed E-state index contributed by atoms with van der Waals surface area (Å²) in [5.74, 6) is 0. The molecule has 2 rings (SSSR count). The molecule has 3 heteroatoms. The number of nitrogens with zero attached hydrogens (tertiary/aromatic N) is 2. The molecule has 1 heterocycles. The van der Waals surface area contributed by atoms with E-state index in [0.29, 0.717) is 0 Å². The van der Waals surface area contributed by atoms with E-state index in [1.807, 2.05) is 35.0 Å². The van der Waals surface area contributed by atoms with Crippen LogP contribution in [0, 0.1) is 0 Å². The van der Waals surface area contributed by atoms with Crippen LogP contribution in [-0.2, 0) is 11.7 Å². The van der Waals surface area contributed by atoms with Crippen molar-refractivity contribution in [2.75, 3.05) is 0 Å². The van der Waals surface area contributed by atoms with Crippen molar-refractivity contribution in [3.63, 3.8) is 0 Å². The second-order valence-electron chi connectivity index (χ2n) is 3.64. The fourth-order valence-electron chi connectivity index (χ4n) is 1.60. The van der Waals surface area contributed by atoms with E-state index in [1.165, 1.54) is 6.08 Å². The highest BCUT2D eigenvalue weighted by Gasteiger charge is 2.05. The first kappa shape index (κ1) is 10.6. The Bertz CT molecular complexity index is 463. The third-order valence-electron chi connectivity index (χ3n) is 2.42. The first-order valence-corrected chi connectivity index (χ1v) is 5.12. The molecule has 0 saturated carbocycles. The molecule has 0 amide bonds. The summed E-state index contributed by atoms with van der Waals surface area (Å²) in [4.78, 5) is 3.98. The molecule has 0 saturated heterocycles. The zero-order valence-electron chi connectivity index (χ0n) is 8.91. The van der Waals surface area contributed by atoms with Crippen molar-refractivity contribution in [3.05, 3.63) is 66.8 Å². The molecule has 1 aromatic heterocycles. The summed E-state index contributed by atoms with van der Waals surface area (Å²) in [7, 11) is 0. The predicted molar refractivity (Wildman–Crippen MR) is 61.4 cm³/mol. The Morgan fingerprint density at radius 2 is 2.38 bits per heavy atom. The van der Waals surface area contributed by atoms with Gasteiger partial charge in [0.05, 0.1) is 6.33 Å². The average Bonchev–Trinajstić information content (AvgIpc) is 2.81. The summed E-state index contributed by atoms with van der Waals surface area (Å²) in [6.07, 6.45) is 5.96. The van der Waals surface area contributed by atoms with Gasteiger partial charge in [-0.25, -0.2) is 10.1 Å². The first-order chi connectivity index (χ1) is 7.79. The average molecular weight is 213 g/mol. The van der Waals surface area contributed by atoms with Crippen molar-refractivity contribution in [2.45, 2.75) is 12.6 Å². The molecule has 16 heavy (non-hydrogen) atoms. The lowest BCUT2D eigenvalue weighted by Gasteiger charge is -2.07. The van der Waals surface area contributed by atoms with Gasteiger partial charge in [0.25, 0.3) is 0 Å². The molecular formula is C13H13N2O. The second-order valence-corrected chi connectivity index (χ2v) is 3.64. The largest absolute Gasteiger partial charge is 0.333 e. The van der Waals surface area contributed by atoms with Crippen LogP contribution in [0.4, 0.5) is 0 Å². The van der Waals surface area contributed by atoms with Gasteiger partial charge in [-0.1, -0.05) is 30.3 Å². The first-order valence-electron chi connectivity index (χ1n) is 5.12. The summed E-state index contributed by atoms with van der Waals surface area (Å²) in [5, 5.41) is 11.5. The van der Waals surface area contributed by atoms with E-state index in [2.05, 4.69) is 11.6 Å². The molecular weight excluding hydrogens is 200 g/mol. The van der Waals surface area contributed by atoms with Gasteiger partial charge in [0.2, 0.25) is 0 Å². The minimum absolute atomic E-state index is 0.734. The lowest BCUT2D eigenvalue weighted by atomic mass is 10.1. The molecule has 1 atom stereocenters. The van der Waals surface area contributed by atoms with Crippen molar-refractivity contribution < 1.29 is 5.11 Å². The number of benzene rings is 1. The summed E-state index contributed by atoms with van der Waals surface area (Å²) in [6, 6.07) is 7.64. The Morgan fingerprint density at radius 3 is 3.06 bits per heavy atom. The Morgan fingerprint density at radius 1 is 1.50 bits per heavy atom. The molecule has 1 unspecified atom stereocenters. The van der Waals surface area contributed by atoms with Gasteiger partial charge in [-0.3, -0.25) is 0 Å². The van der Waals surface area contributed by atoms with Gasteiger partial charge in [0.15, 0.2) is 0 Å². The van der Waals surface area contributed by atoms with E-state index in [9.17, 15) is 5.11 Å². The third-order valence-corrected chi connectivity index (χ3v) is 2.42. The van der Waals surface area contributed by atoms with Gasteiger partial charge in [0, 0.05) is 18.9 Å². The Labute approximate surface area is 94.7 Å². The monoisotopic (exact) mass is 213 g/mol. The Balaban J connectivity index is 2.19. The van der Waals surface area contributed by atoms with Crippen LogP contribution in [0.15, 0.2) is 55.6 Å². The lowest BCUT2D eigenvalue weighted by Crippen LogP contribution is -1.98. The fraction of sp³-hybridized carbons (Fsp3) is 0.154. The topological polar surface area (TPSA) is 37.7 Å². The Kier molecular flexibility index (Phi) is 3.17. The number of hydrogen-bond donors (Lipinski definition) is 0. The van der Waals surface area contributed by atoms with Gasteiger partial charge in [-0.15, -0.1) is 6.58 Å². The van der Waals surface area contributed by atoms with Crippen LogP contribution >= 0.6 is 0 Å². The maximum atomic E-state index is 11.5. The summed E-state index contributed by atoms with van der Waals surface area (Å²) >= 11 is 0. The molecule has 1 radical (unpaired) electrons. The quantitative estimate of drug-likeness (QED) is 0.719.